The van der Waals surface area contributed by atoms with Crippen LogP contribution in [0.4, 0.5) is 4.39 Å². The number of nitrogens with one attached hydrogen (secondary N) is 2. The molecule has 3 saturated heterocycles. The number of piperazine rings is 1. The maximum Gasteiger partial charge on any atom is 0.256 e. The van der Waals surface area contributed by atoms with E-state index in [1.807, 2.05) is 6.20 Å². The fourth-order valence-electron chi connectivity index (χ4n) is 7.87. The third-order valence-corrected chi connectivity index (χ3v) is 10.3. The van der Waals surface area contributed by atoms with Crippen LogP contribution in [-0.4, -0.2) is 154 Å². The van der Waals surface area contributed by atoms with Gasteiger partial charge >= 0.3 is 0 Å². The van der Waals surface area contributed by atoms with E-state index >= 15 is 4.39 Å². The summed E-state index contributed by atoms with van der Waals surface area (Å²) < 4.78 is 28.0. The number of ether oxygens (including phenoxy) is 2. The molecule has 0 aromatic carbocycles. The molecule has 230 valence electrons. The van der Waals surface area contributed by atoms with E-state index in [4.69, 9.17) is 9.47 Å². The summed E-state index contributed by atoms with van der Waals surface area (Å²) in [6.45, 7) is 10.5. The SMILES string of the molecule is CN1CCN(CCCNC(=O)C2=CN3C4CCCCC4OC4C(NCCN5CCOCC5)C(F)CC(C2=O)C43)CC1. The maximum absolute atomic E-state index is 15.9. The van der Waals surface area contributed by atoms with Crippen molar-refractivity contribution in [2.45, 2.75) is 75.0 Å². The molecule has 4 aliphatic heterocycles. The molecule has 2 aliphatic carbocycles. The summed E-state index contributed by atoms with van der Waals surface area (Å²) in [4.78, 5) is 36.4. The topological polar surface area (TPSA) is 89.6 Å². The predicted molar refractivity (Wildman–Crippen MR) is 153 cm³/mol. The van der Waals surface area contributed by atoms with Crippen LogP contribution in [0.1, 0.15) is 38.5 Å². The molecule has 5 fully saturated rings. The minimum absolute atomic E-state index is 0.00292. The molecule has 10 nitrogen and oxygen atoms in total. The van der Waals surface area contributed by atoms with E-state index in [1.165, 1.54) is 0 Å². The van der Waals surface area contributed by atoms with Gasteiger partial charge in [0.05, 0.1) is 49.1 Å². The molecule has 0 aromatic rings. The molecule has 0 aromatic heterocycles. The number of carbonyl (C=O) groups excluding carboxylic acids is 2. The number of hydrogen-bond donors (Lipinski definition) is 2. The lowest BCUT2D eigenvalue weighted by Gasteiger charge is -2.59. The molecular weight excluding hydrogens is 527 g/mol. The van der Waals surface area contributed by atoms with E-state index in [1.54, 1.807) is 0 Å². The van der Waals surface area contributed by atoms with E-state index < -0.39 is 24.2 Å². The highest BCUT2D eigenvalue weighted by Gasteiger charge is 2.58. The van der Waals surface area contributed by atoms with Crippen LogP contribution in [0.25, 0.3) is 0 Å². The summed E-state index contributed by atoms with van der Waals surface area (Å²) in [5, 5.41) is 6.50. The first-order chi connectivity index (χ1) is 20.0. The van der Waals surface area contributed by atoms with Gasteiger partial charge in [0.15, 0.2) is 5.78 Å². The lowest BCUT2D eigenvalue weighted by molar-refractivity contribution is -0.197. The number of amides is 1. The largest absolute Gasteiger partial charge is 0.379 e. The zero-order chi connectivity index (χ0) is 28.3. The molecule has 7 atom stereocenters. The Morgan fingerprint density at radius 1 is 1.02 bits per heavy atom. The van der Waals surface area contributed by atoms with E-state index in [2.05, 4.69) is 37.3 Å². The van der Waals surface area contributed by atoms with Crippen LogP contribution in [0.3, 0.4) is 0 Å². The highest BCUT2D eigenvalue weighted by molar-refractivity contribution is 6.20. The molecule has 41 heavy (non-hydrogen) atoms. The first kappa shape index (κ1) is 29.4. The number of likely N-dealkylation sites (N-methyl/N-ethyl adjacent to an activating group) is 1. The van der Waals surface area contributed by atoms with Crippen molar-refractivity contribution in [1.29, 1.82) is 0 Å². The first-order valence-electron chi connectivity index (χ1n) is 16.0. The summed E-state index contributed by atoms with van der Waals surface area (Å²) in [5.41, 5.74) is 0.196. The van der Waals surface area contributed by atoms with Gasteiger partial charge in [0.2, 0.25) is 0 Å². The number of fused-ring (bicyclic) bond motifs is 2. The number of hydrogen-bond acceptors (Lipinski definition) is 9. The quantitative estimate of drug-likeness (QED) is 0.296. The van der Waals surface area contributed by atoms with Crippen molar-refractivity contribution >= 4 is 11.7 Å². The average Bonchev–Trinajstić information content (AvgIpc) is 2.99. The van der Waals surface area contributed by atoms with E-state index in [9.17, 15) is 9.59 Å². The van der Waals surface area contributed by atoms with Crippen molar-refractivity contribution in [1.82, 2.24) is 30.2 Å². The van der Waals surface area contributed by atoms with Gasteiger partial charge in [-0.25, -0.2) is 4.39 Å². The van der Waals surface area contributed by atoms with Crippen molar-refractivity contribution in [3.63, 3.8) is 0 Å². The van der Waals surface area contributed by atoms with Crippen LogP contribution in [0.2, 0.25) is 0 Å². The van der Waals surface area contributed by atoms with Gasteiger partial charge in [-0.1, -0.05) is 12.8 Å². The van der Waals surface area contributed by atoms with E-state index in [0.29, 0.717) is 13.1 Å². The lowest BCUT2D eigenvalue weighted by atomic mass is 9.69. The van der Waals surface area contributed by atoms with Gasteiger partial charge in [-0.3, -0.25) is 14.5 Å². The van der Waals surface area contributed by atoms with Gasteiger partial charge in [0.1, 0.15) is 6.17 Å². The number of morpholine rings is 2. The Morgan fingerprint density at radius 3 is 2.59 bits per heavy atom. The number of alkyl halides is 1. The average molecular weight is 577 g/mol. The van der Waals surface area contributed by atoms with Gasteiger partial charge < -0.3 is 34.8 Å². The molecule has 4 heterocycles. The van der Waals surface area contributed by atoms with Crippen molar-refractivity contribution in [3.05, 3.63) is 11.8 Å². The highest BCUT2D eigenvalue weighted by Crippen LogP contribution is 2.45. The minimum Gasteiger partial charge on any atom is -0.379 e. The van der Waals surface area contributed by atoms with Crippen LogP contribution in [-0.2, 0) is 19.1 Å². The van der Waals surface area contributed by atoms with Crippen molar-refractivity contribution in [3.8, 4) is 0 Å². The van der Waals surface area contributed by atoms with Crippen molar-refractivity contribution in [2.75, 3.05) is 85.7 Å². The summed E-state index contributed by atoms with van der Waals surface area (Å²) in [7, 11) is 2.14. The maximum atomic E-state index is 15.9. The second-order valence-corrected chi connectivity index (χ2v) is 12.9. The Morgan fingerprint density at radius 2 is 1.78 bits per heavy atom. The van der Waals surface area contributed by atoms with Gasteiger partial charge in [0, 0.05) is 71.0 Å². The molecule has 6 aliphatic rings. The molecule has 6 rings (SSSR count). The summed E-state index contributed by atoms with van der Waals surface area (Å²) in [5.74, 6) is -1.10. The van der Waals surface area contributed by atoms with Crippen LogP contribution in [0, 0.1) is 5.92 Å². The van der Waals surface area contributed by atoms with E-state index in [-0.39, 0.29) is 41.9 Å². The number of rotatable bonds is 9. The second-order valence-electron chi connectivity index (χ2n) is 12.9. The lowest BCUT2D eigenvalue weighted by Crippen LogP contribution is -2.73. The van der Waals surface area contributed by atoms with Gasteiger partial charge in [-0.15, -0.1) is 0 Å². The van der Waals surface area contributed by atoms with Crippen LogP contribution in [0.15, 0.2) is 11.8 Å². The zero-order valence-corrected chi connectivity index (χ0v) is 24.6. The number of carbonyl (C=O) groups is 2. The summed E-state index contributed by atoms with van der Waals surface area (Å²) in [6.07, 6.45) is 5.26. The van der Waals surface area contributed by atoms with Crippen LogP contribution < -0.4 is 10.6 Å². The van der Waals surface area contributed by atoms with Gasteiger partial charge in [0.25, 0.3) is 5.91 Å². The van der Waals surface area contributed by atoms with Gasteiger partial charge in [-0.2, -0.15) is 0 Å². The van der Waals surface area contributed by atoms with Crippen molar-refractivity contribution in [2.24, 2.45) is 5.92 Å². The minimum atomic E-state index is -1.21. The molecule has 1 amide bonds. The summed E-state index contributed by atoms with van der Waals surface area (Å²) in [6, 6.07) is -0.567. The Labute approximate surface area is 243 Å². The Hall–Kier alpha value is -1.63. The van der Waals surface area contributed by atoms with Gasteiger partial charge in [-0.05, 0) is 39.3 Å². The predicted octanol–water partition coefficient (Wildman–Crippen LogP) is 0.236. The number of nitrogens with zero attached hydrogens (tertiary/aromatic N) is 4. The second kappa shape index (κ2) is 13.3. The zero-order valence-electron chi connectivity index (χ0n) is 24.6. The van der Waals surface area contributed by atoms with E-state index in [0.717, 1.165) is 97.7 Å². The molecule has 0 spiro atoms. The summed E-state index contributed by atoms with van der Waals surface area (Å²) >= 11 is 0. The molecule has 2 saturated carbocycles. The number of ketones is 1. The normalized spacial score (nSPS) is 36.8. The van der Waals surface area contributed by atoms with Crippen molar-refractivity contribution < 1.29 is 23.5 Å². The third-order valence-electron chi connectivity index (χ3n) is 10.3. The smallest absolute Gasteiger partial charge is 0.256 e. The molecular formula is C30H49FN6O4. The Balaban J connectivity index is 1.12. The monoisotopic (exact) mass is 576 g/mol. The first-order valence-corrected chi connectivity index (χ1v) is 16.0. The number of halogens is 1. The number of Topliss-reactive ketones (excluding diaryl/α,β-unsaturated/α-hetero) is 1. The highest BCUT2D eigenvalue weighted by atomic mass is 19.1. The molecule has 2 N–H and O–H groups in total. The van der Waals surface area contributed by atoms with Crippen LogP contribution in [0.5, 0.6) is 0 Å². The third kappa shape index (κ3) is 6.50. The van der Waals surface area contributed by atoms with Crippen LogP contribution >= 0.6 is 0 Å². The Bertz CT molecular complexity index is 955. The standard InChI is InChI=1S/C30H49FN6O4/c1-34-11-13-35(14-12-34)9-4-7-33-30(39)22-20-37-24-5-2-3-6-25(24)41-29-26(23(31)19-21(27(29)37)28(22)38)32-8-10-36-15-17-40-18-16-36/h20-21,23-27,29,32H,2-19H2,1H3,(H,33,39). The molecule has 0 bridgehead atoms. The fourth-order valence-corrected chi connectivity index (χ4v) is 7.87. The molecule has 7 unspecified atom stereocenters. The molecule has 0 radical (unpaired) electrons. The fraction of sp³-hybridized carbons (Fsp3) is 0.867. The Kier molecular flexibility index (Phi) is 9.58. The molecule has 11 heteroatoms.